The number of hydrogen-bond donors (Lipinski definition) is 1. The van der Waals surface area contributed by atoms with Crippen molar-refractivity contribution < 1.29 is 9.53 Å². The van der Waals surface area contributed by atoms with Crippen LogP contribution in [0.2, 0.25) is 0 Å². The molecule has 0 aliphatic rings. The summed E-state index contributed by atoms with van der Waals surface area (Å²) >= 11 is 1.48. The zero-order valence-corrected chi connectivity index (χ0v) is 18.4. The van der Waals surface area contributed by atoms with Crippen LogP contribution in [0.4, 0.5) is 0 Å². The lowest BCUT2D eigenvalue weighted by Gasteiger charge is -2.11. The fraction of sp³-hybridized carbons (Fsp3) is 0.217. The lowest BCUT2D eigenvalue weighted by Crippen LogP contribution is -2.24. The second-order valence-electron chi connectivity index (χ2n) is 7.09. The summed E-state index contributed by atoms with van der Waals surface area (Å²) < 4.78 is 7.10. The van der Waals surface area contributed by atoms with Gasteiger partial charge in [-0.1, -0.05) is 48.2 Å². The predicted octanol–water partition coefficient (Wildman–Crippen LogP) is 3.97. The number of nitrogens with zero attached hydrogens (tertiary/aromatic N) is 4. The summed E-state index contributed by atoms with van der Waals surface area (Å²) in [6.45, 7) is 4.31. The Hall–Kier alpha value is -3.39. The van der Waals surface area contributed by atoms with Gasteiger partial charge in [0.15, 0.2) is 0 Å². The van der Waals surface area contributed by atoms with Gasteiger partial charge in [-0.3, -0.25) is 4.79 Å². The number of rotatable bonds is 7. The number of carbonyl (C=O) groups is 1. The lowest BCUT2D eigenvalue weighted by atomic mass is 10.1. The van der Waals surface area contributed by atoms with Crippen LogP contribution in [0.1, 0.15) is 32.9 Å². The molecule has 7 nitrogen and oxygen atoms in total. The van der Waals surface area contributed by atoms with Crippen molar-refractivity contribution in [2.24, 2.45) is 0 Å². The highest BCUT2D eigenvalue weighted by Gasteiger charge is 2.14. The molecule has 0 atom stereocenters. The number of thioether (sulfide) groups is 1. The van der Waals surface area contributed by atoms with E-state index in [1.165, 1.54) is 11.8 Å². The number of methoxy groups -OCH3 is 1. The molecular formula is C23H23N5O2S. The Labute approximate surface area is 184 Å². The van der Waals surface area contributed by atoms with Crippen LogP contribution in [0.3, 0.4) is 0 Å². The summed E-state index contributed by atoms with van der Waals surface area (Å²) in [5, 5.41) is 8.15. The Morgan fingerprint density at radius 3 is 2.61 bits per heavy atom. The van der Waals surface area contributed by atoms with Crippen LogP contribution in [0.25, 0.3) is 5.78 Å². The van der Waals surface area contributed by atoms with Crippen LogP contribution >= 0.6 is 11.8 Å². The molecule has 0 unspecified atom stereocenters. The molecule has 2 aromatic heterocycles. The van der Waals surface area contributed by atoms with Crippen molar-refractivity contribution in [1.29, 1.82) is 0 Å². The molecule has 1 amide bonds. The fourth-order valence-electron chi connectivity index (χ4n) is 3.34. The molecule has 0 saturated carbocycles. The summed E-state index contributed by atoms with van der Waals surface area (Å²) in [7, 11) is 1.62. The molecule has 4 aromatic rings. The number of ether oxygens (including phenoxy) is 1. The molecule has 158 valence electrons. The summed E-state index contributed by atoms with van der Waals surface area (Å²) in [6, 6.07) is 17.2. The van der Waals surface area contributed by atoms with Gasteiger partial charge in [0.1, 0.15) is 5.75 Å². The van der Waals surface area contributed by atoms with E-state index in [1.54, 1.807) is 11.6 Å². The highest BCUT2D eigenvalue weighted by atomic mass is 32.2. The van der Waals surface area contributed by atoms with Gasteiger partial charge >= 0.3 is 0 Å². The predicted molar refractivity (Wildman–Crippen MR) is 120 cm³/mol. The van der Waals surface area contributed by atoms with Gasteiger partial charge in [-0.25, -0.2) is 9.50 Å². The number of nitrogens with one attached hydrogen (secondary N) is 1. The first kappa shape index (κ1) is 20.9. The standard InChI is InChI=1S/C23H23N5O2S/c1-15-12-16(2)28-22(25-15)26-23(27-28)31-14-18-9-4-6-10-19(18)21(29)24-13-17-8-5-7-11-20(17)30-3/h4-12H,13-14H2,1-3H3,(H,24,29). The van der Waals surface area contributed by atoms with E-state index in [0.29, 0.717) is 28.8 Å². The van der Waals surface area contributed by atoms with Crippen LogP contribution in [0.15, 0.2) is 59.8 Å². The van der Waals surface area contributed by atoms with Gasteiger partial charge in [-0.2, -0.15) is 4.98 Å². The van der Waals surface area contributed by atoms with E-state index >= 15 is 0 Å². The molecule has 4 rings (SSSR count). The molecule has 1 N–H and O–H groups in total. The minimum absolute atomic E-state index is 0.127. The number of para-hydroxylation sites is 1. The number of hydrogen-bond acceptors (Lipinski definition) is 6. The third kappa shape index (κ3) is 4.69. The van der Waals surface area contributed by atoms with Crippen molar-refractivity contribution in [2.45, 2.75) is 31.3 Å². The quantitative estimate of drug-likeness (QED) is 0.444. The van der Waals surface area contributed by atoms with Gasteiger partial charge in [-0.15, -0.1) is 5.10 Å². The number of benzene rings is 2. The van der Waals surface area contributed by atoms with Crippen LogP contribution < -0.4 is 10.1 Å². The summed E-state index contributed by atoms with van der Waals surface area (Å²) in [5.74, 6) is 1.79. The molecule has 2 heterocycles. The summed E-state index contributed by atoms with van der Waals surface area (Å²) in [6.07, 6.45) is 0. The maximum atomic E-state index is 12.9. The molecule has 0 radical (unpaired) electrons. The van der Waals surface area contributed by atoms with E-state index in [2.05, 4.69) is 20.4 Å². The maximum absolute atomic E-state index is 12.9. The fourth-order valence-corrected chi connectivity index (χ4v) is 4.16. The molecule has 0 spiro atoms. The van der Waals surface area contributed by atoms with Crippen molar-refractivity contribution >= 4 is 23.4 Å². The molecule has 0 saturated heterocycles. The number of amides is 1. The average Bonchev–Trinajstić information content (AvgIpc) is 3.19. The monoisotopic (exact) mass is 433 g/mol. The van der Waals surface area contributed by atoms with Gasteiger partial charge in [0.25, 0.3) is 11.7 Å². The zero-order valence-electron chi connectivity index (χ0n) is 17.6. The van der Waals surface area contributed by atoms with Crippen molar-refractivity contribution in [2.75, 3.05) is 7.11 Å². The molecule has 31 heavy (non-hydrogen) atoms. The molecule has 2 aromatic carbocycles. The minimum atomic E-state index is -0.127. The van der Waals surface area contributed by atoms with Crippen molar-refractivity contribution in [3.8, 4) is 5.75 Å². The van der Waals surface area contributed by atoms with E-state index in [1.807, 2.05) is 68.4 Å². The van der Waals surface area contributed by atoms with Crippen molar-refractivity contribution in [3.05, 3.63) is 82.7 Å². The smallest absolute Gasteiger partial charge is 0.253 e. The highest BCUT2D eigenvalue weighted by Crippen LogP contribution is 2.23. The van der Waals surface area contributed by atoms with Crippen LogP contribution in [-0.4, -0.2) is 32.6 Å². The van der Waals surface area contributed by atoms with E-state index in [-0.39, 0.29) is 5.91 Å². The average molecular weight is 434 g/mol. The Balaban J connectivity index is 1.47. The number of aromatic nitrogens is 4. The van der Waals surface area contributed by atoms with E-state index in [0.717, 1.165) is 28.3 Å². The van der Waals surface area contributed by atoms with Crippen LogP contribution in [0, 0.1) is 13.8 Å². The highest BCUT2D eigenvalue weighted by molar-refractivity contribution is 7.98. The second kappa shape index (κ2) is 9.18. The molecule has 0 fully saturated rings. The SMILES string of the molecule is COc1ccccc1CNC(=O)c1ccccc1CSc1nc2nc(C)cc(C)n2n1. The van der Waals surface area contributed by atoms with E-state index in [4.69, 9.17) is 4.74 Å². The van der Waals surface area contributed by atoms with Crippen LogP contribution in [0.5, 0.6) is 5.75 Å². The third-order valence-electron chi connectivity index (χ3n) is 4.85. The van der Waals surface area contributed by atoms with Gasteiger partial charge < -0.3 is 10.1 Å². The van der Waals surface area contributed by atoms with Crippen molar-refractivity contribution in [1.82, 2.24) is 24.9 Å². The third-order valence-corrected chi connectivity index (χ3v) is 5.74. The first-order valence-corrected chi connectivity index (χ1v) is 10.9. The summed E-state index contributed by atoms with van der Waals surface area (Å²) in [5.41, 5.74) is 4.38. The first-order chi connectivity index (χ1) is 15.0. The van der Waals surface area contributed by atoms with Crippen molar-refractivity contribution in [3.63, 3.8) is 0 Å². The molecule has 0 aliphatic carbocycles. The Morgan fingerprint density at radius 2 is 1.81 bits per heavy atom. The molecule has 0 aliphatic heterocycles. The van der Waals surface area contributed by atoms with Gasteiger partial charge in [0.2, 0.25) is 5.16 Å². The molecule has 8 heteroatoms. The summed E-state index contributed by atoms with van der Waals surface area (Å²) in [4.78, 5) is 21.8. The molecular weight excluding hydrogens is 410 g/mol. The first-order valence-electron chi connectivity index (χ1n) is 9.87. The van der Waals surface area contributed by atoms with Gasteiger partial charge in [0, 0.05) is 34.8 Å². The largest absolute Gasteiger partial charge is 0.496 e. The van der Waals surface area contributed by atoms with Crippen LogP contribution in [-0.2, 0) is 12.3 Å². The zero-order chi connectivity index (χ0) is 21.8. The Bertz CT molecular complexity index is 1240. The second-order valence-corrected chi connectivity index (χ2v) is 8.03. The van der Waals surface area contributed by atoms with Gasteiger partial charge in [-0.05, 0) is 37.6 Å². The topological polar surface area (TPSA) is 81.4 Å². The maximum Gasteiger partial charge on any atom is 0.253 e. The number of aryl methyl sites for hydroxylation is 2. The lowest BCUT2D eigenvalue weighted by molar-refractivity contribution is 0.0950. The Kier molecular flexibility index (Phi) is 6.18. The van der Waals surface area contributed by atoms with E-state index < -0.39 is 0 Å². The molecule has 0 bridgehead atoms. The van der Waals surface area contributed by atoms with Gasteiger partial charge in [0.05, 0.1) is 7.11 Å². The minimum Gasteiger partial charge on any atom is -0.496 e. The van der Waals surface area contributed by atoms with E-state index in [9.17, 15) is 4.79 Å². The number of fused-ring (bicyclic) bond motifs is 1. The number of carbonyl (C=O) groups excluding carboxylic acids is 1. The Morgan fingerprint density at radius 1 is 1.06 bits per heavy atom. The normalized spacial score (nSPS) is 10.9.